The van der Waals surface area contributed by atoms with Gasteiger partial charge >= 0.3 is 0 Å². The van der Waals surface area contributed by atoms with Gasteiger partial charge in [-0.25, -0.2) is 4.39 Å². The van der Waals surface area contributed by atoms with Crippen LogP contribution in [0.4, 0.5) is 4.39 Å². The Morgan fingerprint density at radius 2 is 2.14 bits per heavy atom. The van der Waals surface area contributed by atoms with Crippen LogP contribution in [0.1, 0.15) is 12.5 Å². The maximum absolute atomic E-state index is 13.5. The normalized spacial score (nSPS) is 13.2. The van der Waals surface area contributed by atoms with E-state index in [1.54, 1.807) is 12.1 Å². The quantitative estimate of drug-likeness (QED) is 0.757. The van der Waals surface area contributed by atoms with E-state index in [0.29, 0.717) is 18.9 Å². The monoisotopic (exact) mass is 298 g/mol. The first kappa shape index (κ1) is 13.2. The molecule has 2 N–H and O–H groups in total. The standard InChI is InChI=1S/C17H15FN2O2/c1-2-21-11-4-5-12-16(8-11)22-19-9-14-13-7-10(18)3-6-15(13)20-17(12)14/h3-8,19-20H,2,9H2,1H3. The predicted molar refractivity (Wildman–Crippen MR) is 82.3 cm³/mol. The highest BCUT2D eigenvalue weighted by Crippen LogP contribution is 2.39. The Morgan fingerprint density at radius 1 is 1.23 bits per heavy atom. The summed E-state index contributed by atoms with van der Waals surface area (Å²) in [5.41, 5.74) is 6.72. The number of aromatic amines is 1. The molecule has 3 aromatic rings. The molecule has 1 aromatic heterocycles. The van der Waals surface area contributed by atoms with Gasteiger partial charge in [0.2, 0.25) is 0 Å². The number of H-pyrrole nitrogens is 1. The molecule has 5 heteroatoms. The molecule has 0 atom stereocenters. The van der Waals surface area contributed by atoms with E-state index in [1.165, 1.54) is 6.07 Å². The second-order valence-corrected chi connectivity index (χ2v) is 5.18. The molecule has 0 radical (unpaired) electrons. The third kappa shape index (κ3) is 2.02. The molecule has 0 saturated heterocycles. The predicted octanol–water partition coefficient (Wildman–Crippen LogP) is 3.77. The van der Waals surface area contributed by atoms with Crippen LogP contribution in [-0.4, -0.2) is 11.6 Å². The van der Waals surface area contributed by atoms with E-state index in [1.807, 2.05) is 25.1 Å². The van der Waals surface area contributed by atoms with Crippen LogP contribution in [0.5, 0.6) is 11.5 Å². The molecule has 2 heterocycles. The summed E-state index contributed by atoms with van der Waals surface area (Å²) < 4.78 is 19.0. The van der Waals surface area contributed by atoms with Gasteiger partial charge in [0.1, 0.15) is 11.6 Å². The molecule has 22 heavy (non-hydrogen) atoms. The van der Waals surface area contributed by atoms with Crippen molar-refractivity contribution in [2.24, 2.45) is 0 Å². The average Bonchev–Trinajstić information content (AvgIpc) is 2.76. The summed E-state index contributed by atoms with van der Waals surface area (Å²) in [5.74, 6) is 1.21. The zero-order valence-corrected chi connectivity index (χ0v) is 12.1. The number of hydrogen-bond donors (Lipinski definition) is 2. The summed E-state index contributed by atoms with van der Waals surface area (Å²) in [6.45, 7) is 3.04. The molecule has 1 aliphatic heterocycles. The van der Waals surface area contributed by atoms with Crippen molar-refractivity contribution in [2.45, 2.75) is 13.5 Å². The number of hydrogen-bond acceptors (Lipinski definition) is 3. The first-order valence-corrected chi connectivity index (χ1v) is 7.23. The van der Waals surface area contributed by atoms with Gasteiger partial charge in [0.25, 0.3) is 0 Å². The van der Waals surface area contributed by atoms with Crippen LogP contribution in [0.2, 0.25) is 0 Å². The Morgan fingerprint density at radius 3 is 3.00 bits per heavy atom. The highest BCUT2D eigenvalue weighted by molar-refractivity contribution is 5.92. The second-order valence-electron chi connectivity index (χ2n) is 5.18. The number of rotatable bonds is 2. The highest BCUT2D eigenvalue weighted by Gasteiger charge is 2.20. The lowest BCUT2D eigenvalue weighted by atomic mass is 10.0. The Hall–Kier alpha value is -2.53. The number of hydroxylamine groups is 1. The molecule has 0 bridgehead atoms. The Bertz CT molecular complexity index is 857. The van der Waals surface area contributed by atoms with Crippen molar-refractivity contribution in [3.8, 4) is 22.8 Å². The molecule has 0 amide bonds. The maximum atomic E-state index is 13.5. The fourth-order valence-corrected chi connectivity index (χ4v) is 2.87. The van der Waals surface area contributed by atoms with Crippen molar-refractivity contribution >= 4 is 10.9 Å². The van der Waals surface area contributed by atoms with Gasteiger partial charge in [-0.15, -0.1) is 0 Å². The second kappa shape index (κ2) is 5.03. The number of halogens is 1. The van der Waals surface area contributed by atoms with Gasteiger partial charge in [-0.1, -0.05) is 0 Å². The van der Waals surface area contributed by atoms with Gasteiger partial charge in [0.05, 0.1) is 18.8 Å². The van der Waals surface area contributed by atoms with Crippen molar-refractivity contribution in [1.82, 2.24) is 10.5 Å². The molecule has 0 fully saturated rings. The zero-order chi connectivity index (χ0) is 15.1. The summed E-state index contributed by atoms with van der Waals surface area (Å²) in [6, 6.07) is 10.5. The molecule has 0 spiro atoms. The van der Waals surface area contributed by atoms with Crippen LogP contribution in [0.25, 0.3) is 22.2 Å². The highest BCUT2D eigenvalue weighted by atomic mass is 19.1. The van der Waals surface area contributed by atoms with Gasteiger partial charge in [0, 0.05) is 28.1 Å². The number of ether oxygens (including phenoxy) is 1. The minimum Gasteiger partial charge on any atom is -0.494 e. The summed E-state index contributed by atoms with van der Waals surface area (Å²) >= 11 is 0. The maximum Gasteiger partial charge on any atom is 0.160 e. The average molecular weight is 298 g/mol. The first-order valence-electron chi connectivity index (χ1n) is 7.23. The number of fused-ring (bicyclic) bond motifs is 5. The molecule has 0 aliphatic carbocycles. The molecule has 1 aliphatic rings. The van der Waals surface area contributed by atoms with E-state index in [9.17, 15) is 4.39 Å². The van der Waals surface area contributed by atoms with Gasteiger partial charge in [0.15, 0.2) is 5.75 Å². The molecule has 4 nitrogen and oxygen atoms in total. The third-order valence-corrected chi connectivity index (χ3v) is 3.83. The summed E-state index contributed by atoms with van der Waals surface area (Å²) in [5, 5.41) is 0.868. The SMILES string of the molecule is CCOc1ccc2c(c1)ONCc1c-2[nH]c2ccc(F)cc12. The van der Waals surface area contributed by atoms with E-state index in [4.69, 9.17) is 9.57 Å². The molecule has 0 unspecified atom stereocenters. The van der Waals surface area contributed by atoms with Crippen LogP contribution in [0, 0.1) is 5.82 Å². The van der Waals surface area contributed by atoms with Crippen LogP contribution in [0.15, 0.2) is 36.4 Å². The van der Waals surface area contributed by atoms with E-state index >= 15 is 0 Å². The van der Waals surface area contributed by atoms with Crippen molar-refractivity contribution < 1.29 is 14.0 Å². The first-order chi connectivity index (χ1) is 10.8. The van der Waals surface area contributed by atoms with E-state index in [2.05, 4.69) is 10.5 Å². The summed E-state index contributed by atoms with van der Waals surface area (Å²) in [7, 11) is 0. The lowest BCUT2D eigenvalue weighted by molar-refractivity contribution is 0.194. The van der Waals surface area contributed by atoms with Crippen molar-refractivity contribution in [2.75, 3.05) is 6.61 Å². The van der Waals surface area contributed by atoms with Crippen molar-refractivity contribution in [3.05, 3.63) is 47.8 Å². The number of nitrogens with one attached hydrogen (secondary N) is 2. The minimum absolute atomic E-state index is 0.244. The van der Waals surface area contributed by atoms with Crippen LogP contribution < -0.4 is 15.1 Å². The Kier molecular flexibility index (Phi) is 3.01. The topological polar surface area (TPSA) is 46.3 Å². The minimum atomic E-state index is -0.244. The number of aromatic nitrogens is 1. The van der Waals surface area contributed by atoms with Gasteiger partial charge in [-0.3, -0.25) is 0 Å². The van der Waals surface area contributed by atoms with Crippen LogP contribution in [-0.2, 0) is 6.54 Å². The van der Waals surface area contributed by atoms with Crippen LogP contribution >= 0.6 is 0 Å². The third-order valence-electron chi connectivity index (χ3n) is 3.83. The molecular weight excluding hydrogens is 283 g/mol. The van der Waals surface area contributed by atoms with Gasteiger partial charge in [-0.2, -0.15) is 5.48 Å². The van der Waals surface area contributed by atoms with Crippen LogP contribution in [0.3, 0.4) is 0 Å². The number of benzene rings is 2. The largest absolute Gasteiger partial charge is 0.494 e. The molecule has 4 rings (SSSR count). The molecule has 0 saturated carbocycles. The van der Waals surface area contributed by atoms with Gasteiger partial charge < -0.3 is 14.6 Å². The van der Waals surface area contributed by atoms with Crippen molar-refractivity contribution in [3.63, 3.8) is 0 Å². The summed E-state index contributed by atoms with van der Waals surface area (Å²) in [6.07, 6.45) is 0. The van der Waals surface area contributed by atoms with Crippen molar-refractivity contribution in [1.29, 1.82) is 0 Å². The molecular formula is C17H15FN2O2. The van der Waals surface area contributed by atoms with Gasteiger partial charge in [-0.05, 0) is 37.3 Å². The zero-order valence-electron chi connectivity index (χ0n) is 12.1. The lowest BCUT2D eigenvalue weighted by Crippen LogP contribution is -2.16. The summed E-state index contributed by atoms with van der Waals surface area (Å²) in [4.78, 5) is 8.98. The van der Waals surface area contributed by atoms with E-state index in [0.717, 1.165) is 33.5 Å². The van der Waals surface area contributed by atoms with E-state index in [-0.39, 0.29) is 5.82 Å². The Labute approximate surface area is 126 Å². The lowest BCUT2D eigenvalue weighted by Gasteiger charge is -2.09. The molecule has 112 valence electrons. The fraction of sp³-hybridized carbons (Fsp3) is 0.176. The molecule has 2 aromatic carbocycles. The van der Waals surface area contributed by atoms with E-state index < -0.39 is 0 Å². The fourth-order valence-electron chi connectivity index (χ4n) is 2.87. The Balaban J connectivity index is 1.92. The smallest absolute Gasteiger partial charge is 0.160 e.